The van der Waals surface area contributed by atoms with E-state index in [-0.39, 0.29) is 0 Å². The minimum absolute atomic E-state index is 0.574. The molecule has 0 aliphatic rings. The Kier molecular flexibility index (Phi) is 6.35. The quantitative estimate of drug-likeness (QED) is 0.341. The van der Waals surface area contributed by atoms with Gasteiger partial charge in [0, 0.05) is 6.54 Å². The van der Waals surface area contributed by atoms with Gasteiger partial charge in [-0.1, -0.05) is 26.4 Å². The second kappa shape index (κ2) is 6.26. The van der Waals surface area contributed by atoms with E-state index >= 15 is 0 Å². The Morgan fingerprint density at radius 2 is 2.00 bits per heavy atom. The van der Waals surface area contributed by atoms with Crippen LogP contribution in [-0.4, -0.2) is 15.5 Å². The molecule has 0 saturated carbocycles. The van der Waals surface area contributed by atoms with Gasteiger partial charge in [-0.2, -0.15) is 0 Å². The van der Waals surface area contributed by atoms with Crippen LogP contribution in [-0.2, 0) is 0 Å². The third-order valence-electron chi connectivity index (χ3n) is 1.05. The fourth-order valence-corrected chi connectivity index (χ4v) is 1.09. The van der Waals surface area contributed by atoms with E-state index in [0.717, 1.165) is 6.54 Å². The first-order valence-corrected chi connectivity index (χ1v) is 6.64. The van der Waals surface area contributed by atoms with Gasteiger partial charge in [-0.25, -0.2) is 0 Å². The highest BCUT2D eigenvalue weighted by atomic mass is 28.3. The van der Waals surface area contributed by atoms with Crippen molar-refractivity contribution in [3.63, 3.8) is 0 Å². The van der Waals surface area contributed by atoms with E-state index in [9.17, 15) is 0 Å². The summed E-state index contributed by atoms with van der Waals surface area (Å²) in [6, 6.07) is 0. The van der Waals surface area contributed by atoms with Crippen LogP contribution in [0, 0.1) is 0 Å². The summed E-state index contributed by atoms with van der Waals surface area (Å²) in [6.07, 6.45) is 2.54. The Hall–Kier alpha value is 0.137. The molecular formula is C6H18N2Si. The van der Waals surface area contributed by atoms with E-state index in [1.165, 1.54) is 12.8 Å². The summed E-state index contributed by atoms with van der Waals surface area (Å²) in [5, 5.41) is 3.27. The zero-order chi connectivity index (χ0) is 7.11. The number of unbranched alkanes of at least 4 members (excludes halogenated alkanes) is 1. The maximum Gasteiger partial charge on any atom is 0.120 e. The summed E-state index contributed by atoms with van der Waals surface area (Å²) >= 11 is 0. The molecule has 0 aliphatic carbocycles. The van der Waals surface area contributed by atoms with Crippen molar-refractivity contribution >= 4 is 8.96 Å². The van der Waals surface area contributed by atoms with Gasteiger partial charge in [0.1, 0.15) is 8.96 Å². The van der Waals surface area contributed by atoms with Crippen LogP contribution in [0.4, 0.5) is 0 Å². The first kappa shape index (κ1) is 9.14. The lowest BCUT2D eigenvalue weighted by Crippen LogP contribution is -2.40. The van der Waals surface area contributed by atoms with Crippen LogP contribution >= 0.6 is 0 Å². The second-order valence-electron chi connectivity index (χ2n) is 2.58. The average molecular weight is 146 g/mol. The van der Waals surface area contributed by atoms with Crippen molar-refractivity contribution in [1.82, 2.24) is 10.5 Å². The fourth-order valence-electron chi connectivity index (χ4n) is 0.541. The van der Waals surface area contributed by atoms with Crippen LogP contribution in [0.2, 0.25) is 13.1 Å². The maximum atomic E-state index is 3.27. The molecule has 0 heterocycles. The Morgan fingerprint density at radius 3 is 2.44 bits per heavy atom. The SMILES string of the molecule is CCCCNN[SiH](C)C. The van der Waals surface area contributed by atoms with E-state index in [1.807, 2.05) is 0 Å². The van der Waals surface area contributed by atoms with Gasteiger partial charge in [0.2, 0.25) is 0 Å². The number of hydrazine groups is 1. The molecule has 0 rings (SSSR count). The lowest BCUT2D eigenvalue weighted by atomic mass is 10.3. The molecule has 0 saturated heterocycles. The molecule has 2 nitrogen and oxygen atoms in total. The molecule has 0 aliphatic heterocycles. The number of hydrogen-bond donors (Lipinski definition) is 2. The molecule has 0 spiro atoms. The van der Waals surface area contributed by atoms with Crippen LogP contribution in [0.15, 0.2) is 0 Å². The molecule has 3 heteroatoms. The van der Waals surface area contributed by atoms with Crippen molar-refractivity contribution in [2.45, 2.75) is 32.9 Å². The molecule has 0 unspecified atom stereocenters. The molecule has 0 aromatic carbocycles. The van der Waals surface area contributed by atoms with Crippen LogP contribution in [0.25, 0.3) is 0 Å². The summed E-state index contributed by atoms with van der Waals surface area (Å²) in [5.74, 6) is 0. The van der Waals surface area contributed by atoms with Gasteiger partial charge in [0.15, 0.2) is 0 Å². The molecule has 56 valence electrons. The monoisotopic (exact) mass is 146 g/mol. The molecule has 0 bridgehead atoms. The molecule has 2 N–H and O–H groups in total. The van der Waals surface area contributed by atoms with E-state index in [1.54, 1.807) is 0 Å². The van der Waals surface area contributed by atoms with Crippen LogP contribution in [0.5, 0.6) is 0 Å². The predicted molar refractivity (Wildman–Crippen MR) is 44.9 cm³/mol. The fraction of sp³-hybridized carbons (Fsp3) is 1.00. The minimum atomic E-state index is -0.574. The molecule has 0 aromatic rings. The third kappa shape index (κ3) is 8.14. The molecule has 0 fully saturated rings. The van der Waals surface area contributed by atoms with Crippen LogP contribution in [0.1, 0.15) is 19.8 Å². The van der Waals surface area contributed by atoms with Gasteiger partial charge in [-0.15, -0.1) is 0 Å². The zero-order valence-electron chi connectivity index (χ0n) is 6.70. The standard InChI is InChI=1S/C6H18N2Si/c1-4-5-6-7-8-9(2)3/h7-9H,4-6H2,1-3H3. The normalized spacial score (nSPS) is 10.7. The highest BCUT2D eigenvalue weighted by Gasteiger charge is 1.89. The predicted octanol–water partition coefficient (Wildman–Crippen LogP) is 0.864. The summed E-state index contributed by atoms with van der Waals surface area (Å²) < 4.78 is 0. The Bertz CT molecular complexity index is 57.0. The van der Waals surface area contributed by atoms with Gasteiger partial charge in [0.05, 0.1) is 0 Å². The first-order valence-electron chi connectivity index (χ1n) is 3.75. The Morgan fingerprint density at radius 1 is 1.33 bits per heavy atom. The summed E-state index contributed by atoms with van der Waals surface area (Å²) in [7, 11) is -0.574. The maximum absolute atomic E-state index is 3.27. The average Bonchev–Trinajstić information content (AvgIpc) is 1.80. The highest BCUT2D eigenvalue weighted by molar-refractivity contribution is 6.52. The van der Waals surface area contributed by atoms with Crippen molar-refractivity contribution in [2.24, 2.45) is 0 Å². The first-order chi connectivity index (χ1) is 4.27. The van der Waals surface area contributed by atoms with Crippen molar-refractivity contribution in [2.75, 3.05) is 6.54 Å². The molecule has 0 radical (unpaired) electrons. The van der Waals surface area contributed by atoms with Gasteiger partial charge in [-0.3, -0.25) is 10.5 Å². The van der Waals surface area contributed by atoms with Gasteiger partial charge in [0.25, 0.3) is 0 Å². The lowest BCUT2D eigenvalue weighted by Gasteiger charge is -2.07. The van der Waals surface area contributed by atoms with Crippen molar-refractivity contribution < 1.29 is 0 Å². The van der Waals surface area contributed by atoms with Gasteiger partial charge >= 0.3 is 0 Å². The van der Waals surface area contributed by atoms with Gasteiger partial charge in [-0.05, 0) is 6.42 Å². The second-order valence-corrected chi connectivity index (χ2v) is 5.18. The number of hydrogen-bond acceptors (Lipinski definition) is 2. The van der Waals surface area contributed by atoms with Crippen molar-refractivity contribution in [3.05, 3.63) is 0 Å². The minimum Gasteiger partial charge on any atom is -0.283 e. The van der Waals surface area contributed by atoms with Gasteiger partial charge < -0.3 is 0 Å². The number of rotatable bonds is 5. The molecule has 0 atom stereocenters. The van der Waals surface area contributed by atoms with Crippen LogP contribution < -0.4 is 10.5 Å². The summed E-state index contributed by atoms with van der Waals surface area (Å²) in [5.41, 5.74) is 3.20. The highest BCUT2D eigenvalue weighted by Crippen LogP contribution is 1.80. The third-order valence-corrected chi connectivity index (χ3v) is 1.83. The Balaban J connectivity index is 2.75. The topological polar surface area (TPSA) is 24.1 Å². The Labute approximate surface area is 59.7 Å². The summed E-state index contributed by atoms with van der Waals surface area (Å²) in [4.78, 5) is 0. The van der Waals surface area contributed by atoms with E-state index in [0.29, 0.717) is 0 Å². The van der Waals surface area contributed by atoms with E-state index in [2.05, 4.69) is 30.5 Å². The lowest BCUT2D eigenvalue weighted by molar-refractivity contribution is 0.620. The van der Waals surface area contributed by atoms with Crippen LogP contribution in [0.3, 0.4) is 0 Å². The van der Waals surface area contributed by atoms with E-state index < -0.39 is 8.96 Å². The largest absolute Gasteiger partial charge is 0.283 e. The molecule has 0 amide bonds. The summed E-state index contributed by atoms with van der Waals surface area (Å²) in [6.45, 7) is 7.84. The van der Waals surface area contributed by atoms with Crippen molar-refractivity contribution in [3.8, 4) is 0 Å². The smallest absolute Gasteiger partial charge is 0.120 e. The number of nitrogens with one attached hydrogen (secondary N) is 2. The zero-order valence-corrected chi connectivity index (χ0v) is 7.85. The van der Waals surface area contributed by atoms with Crippen molar-refractivity contribution in [1.29, 1.82) is 0 Å². The molecule has 0 aromatic heterocycles. The molecular weight excluding hydrogens is 128 g/mol. The van der Waals surface area contributed by atoms with E-state index in [4.69, 9.17) is 0 Å². The molecule has 9 heavy (non-hydrogen) atoms.